The van der Waals surface area contributed by atoms with E-state index in [2.05, 4.69) is 9.97 Å². The van der Waals surface area contributed by atoms with Crippen LogP contribution in [-0.4, -0.2) is 33.8 Å². The van der Waals surface area contributed by atoms with Crippen LogP contribution in [0.3, 0.4) is 0 Å². The van der Waals surface area contributed by atoms with E-state index in [9.17, 15) is 9.66 Å². The van der Waals surface area contributed by atoms with Gasteiger partial charge in [-0.1, -0.05) is 17.8 Å². The highest BCUT2D eigenvalue weighted by molar-refractivity contribution is 7.99. The molecule has 3 N–H and O–H groups in total. The summed E-state index contributed by atoms with van der Waals surface area (Å²) in [5, 5.41) is 15.3. The van der Waals surface area contributed by atoms with Crippen LogP contribution >= 0.6 is 11.8 Å². The predicted octanol–water partition coefficient (Wildman–Crippen LogP) is 1.33. The Morgan fingerprint density at radius 2 is 1.95 bits per heavy atom. The van der Waals surface area contributed by atoms with Crippen molar-refractivity contribution in [3.63, 3.8) is 0 Å². The molecule has 0 saturated heterocycles. The number of hydrogen-bond donors (Lipinski definition) is 2. The molecule has 0 aliphatic heterocycles. The number of aromatic hydroxyl groups is 1. The Labute approximate surface area is 128 Å². The van der Waals surface area contributed by atoms with Crippen LogP contribution in [-0.2, 0) is 11.4 Å². The lowest BCUT2D eigenvalue weighted by Crippen LogP contribution is -2.11. The fourth-order valence-corrected chi connectivity index (χ4v) is 2.92. The molecule has 0 spiro atoms. The first kappa shape index (κ1) is 15.7. The Morgan fingerprint density at radius 3 is 2.57 bits per heavy atom. The van der Waals surface area contributed by atoms with Gasteiger partial charge in [0, 0.05) is 11.0 Å². The highest BCUT2D eigenvalue weighted by atomic mass is 32.2. The fraction of sp³-hybridized carbons (Fsp3) is 0.167. The summed E-state index contributed by atoms with van der Waals surface area (Å²) in [6.07, 6.45) is 0. The third-order valence-corrected chi connectivity index (χ3v) is 4.09. The van der Waals surface area contributed by atoms with Crippen molar-refractivity contribution in [2.24, 2.45) is 5.14 Å². The van der Waals surface area contributed by atoms with E-state index in [-0.39, 0.29) is 17.6 Å². The first-order valence-electron chi connectivity index (χ1n) is 5.68. The van der Waals surface area contributed by atoms with Gasteiger partial charge in [-0.15, -0.1) is 5.14 Å². The van der Waals surface area contributed by atoms with E-state index in [0.29, 0.717) is 9.92 Å². The van der Waals surface area contributed by atoms with Gasteiger partial charge in [0.15, 0.2) is 9.92 Å². The van der Waals surface area contributed by atoms with Gasteiger partial charge in [0.2, 0.25) is 5.88 Å². The lowest BCUT2D eigenvalue weighted by Gasteiger charge is -2.09. The number of methoxy groups -OCH3 is 2. The molecule has 1 heterocycles. The zero-order chi connectivity index (χ0) is 15.4. The summed E-state index contributed by atoms with van der Waals surface area (Å²) in [4.78, 5) is 9.24. The summed E-state index contributed by atoms with van der Waals surface area (Å²) >= 11 is -0.330. The molecule has 0 radical (unpaired) electrons. The van der Waals surface area contributed by atoms with Gasteiger partial charge >= 0.3 is 0 Å². The van der Waals surface area contributed by atoms with Crippen molar-refractivity contribution >= 4 is 23.1 Å². The SMILES string of the molecule is COc1nc(Sc2cccc([S+](N)[O-])c2)c(OC)nc1O. The lowest BCUT2D eigenvalue weighted by atomic mass is 10.4. The highest BCUT2D eigenvalue weighted by Crippen LogP contribution is 2.36. The maximum atomic E-state index is 11.3. The molecule has 0 amide bonds. The normalized spacial score (nSPS) is 12.0. The summed E-state index contributed by atoms with van der Waals surface area (Å²) in [7, 11) is 2.80. The Balaban J connectivity index is 2.36. The molecular weight excluding hydrogens is 314 g/mol. The molecule has 1 unspecified atom stereocenters. The Hall–Kier alpha value is -1.68. The van der Waals surface area contributed by atoms with Gasteiger partial charge in [-0.25, -0.2) is 0 Å². The summed E-state index contributed by atoms with van der Waals surface area (Å²) in [6, 6.07) is 6.89. The average molecular weight is 327 g/mol. The molecule has 2 rings (SSSR count). The van der Waals surface area contributed by atoms with Crippen LogP contribution in [0.1, 0.15) is 0 Å². The molecular formula is C12H13N3O4S2. The number of aromatic nitrogens is 2. The van der Waals surface area contributed by atoms with E-state index >= 15 is 0 Å². The zero-order valence-electron chi connectivity index (χ0n) is 11.3. The van der Waals surface area contributed by atoms with Crippen molar-refractivity contribution in [3.05, 3.63) is 24.3 Å². The van der Waals surface area contributed by atoms with Crippen LogP contribution in [0.5, 0.6) is 17.6 Å². The standard InChI is InChI=1S/C12H13N3O4S2/c1-18-10-9(16)14-11(19-2)12(15-10)20-7-4-3-5-8(6-7)21(13)17/h3-6H,13H2,1-2H3,(H,14,16). The van der Waals surface area contributed by atoms with Crippen molar-refractivity contribution in [2.75, 3.05) is 14.2 Å². The molecule has 1 aromatic heterocycles. The summed E-state index contributed by atoms with van der Waals surface area (Å²) in [5.74, 6) is -0.190. The largest absolute Gasteiger partial charge is 0.593 e. The minimum absolute atomic E-state index is 0.00291. The quantitative estimate of drug-likeness (QED) is 0.791. The molecule has 9 heteroatoms. The van der Waals surface area contributed by atoms with Crippen molar-refractivity contribution in [1.29, 1.82) is 0 Å². The van der Waals surface area contributed by atoms with E-state index in [4.69, 9.17) is 14.6 Å². The number of rotatable bonds is 5. The Bertz CT molecular complexity index is 640. The second-order valence-corrected chi connectivity index (χ2v) is 5.87. The van der Waals surface area contributed by atoms with E-state index in [0.717, 1.165) is 4.90 Å². The second kappa shape index (κ2) is 6.85. The van der Waals surface area contributed by atoms with Gasteiger partial charge in [-0.05, 0) is 12.1 Å². The number of benzene rings is 1. The number of ether oxygens (including phenoxy) is 2. The molecule has 0 fully saturated rings. The maximum Gasteiger partial charge on any atom is 0.279 e. The van der Waals surface area contributed by atoms with Crippen molar-refractivity contribution in [1.82, 2.24) is 9.97 Å². The maximum absolute atomic E-state index is 11.3. The smallest absolute Gasteiger partial charge is 0.279 e. The van der Waals surface area contributed by atoms with Crippen LogP contribution in [0.4, 0.5) is 0 Å². The fourth-order valence-electron chi connectivity index (χ4n) is 1.49. The van der Waals surface area contributed by atoms with Gasteiger partial charge < -0.3 is 19.1 Å². The third kappa shape index (κ3) is 3.70. The highest BCUT2D eigenvalue weighted by Gasteiger charge is 2.16. The molecule has 2 aromatic rings. The average Bonchev–Trinajstić information content (AvgIpc) is 2.48. The van der Waals surface area contributed by atoms with Gasteiger partial charge in [0.25, 0.3) is 11.8 Å². The molecule has 0 bridgehead atoms. The molecule has 1 atom stereocenters. The third-order valence-electron chi connectivity index (χ3n) is 2.42. The van der Waals surface area contributed by atoms with Gasteiger partial charge in [0.05, 0.1) is 25.6 Å². The second-order valence-electron chi connectivity index (χ2n) is 3.75. The van der Waals surface area contributed by atoms with Crippen LogP contribution in [0.15, 0.2) is 39.1 Å². The molecule has 0 saturated carbocycles. The van der Waals surface area contributed by atoms with Crippen molar-refractivity contribution in [2.45, 2.75) is 14.8 Å². The number of hydrogen-bond acceptors (Lipinski definition) is 8. The van der Waals surface area contributed by atoms with E-state index in [1.165, 1.54) is 26.0 Å². The first-order valence-corrected chi connectivity index (χ1v) is 7.71. The summed E-state index contributed by atoms with van der Waals surface area (Å²) in [6.45, 7) is 0. The van der Waals surface area contributed by atoms with Gasteiger partial charge in [0.1, 0.15) is 0 Å². The molecule has 0 aliphatic rings. The van der Waals surface area contributed by atoms with Crippen LogP contribution in [0.25, 0.3) is 0 Å². The summed E-state index contributed by atoms with van der Waals surface area (Å²) in [5.41, 5.74) is 0. The van der Waals surface area contributed by atoms with E-state index in [1.54, 1.807) is 18.2 Å². The molecule has 7 nitrogen and oxygen atoms in total. The lowest BCUT2D eigenvalue weighted by molar-refractivity contribution is 0.321. The first-order chi connectivity index (χ1) is 10.0. The molecule has 21 heavy (non-hydrogen) atoms. The van der Waals surface area contributed by atoms with Crippen LogP contribution in [0.2, 0.25) is 0 Å². The molecule has 112 valence electrons. The monoisotopic (exact) mass is 327 g/mol. The van der Waals surface area contributed by atoms with Crippen LogP contribution in [0, 0.1) is 0 Å². The van der Waals surface area contributed by atoms with Gasteiger partial charge in [-0.2, -0.15) is 9.97 Å². The van der Waals surface area contributed by atoms with E-state index in [1.807, 2.05) is 6.07 Å². The number of nitrogens with two attached hydrogens (primary N) is 1. The topological polar surface area (TPSA) is 114 Å². The molecule has 0 aliphatic carbocycles. The minimum atomic E-state index is -1.56. The van der Waals surface area contributed by atoms with Crippen molar-refractivity contribution in [3.8, 4) is 17.6 Å². The zero-order valence-corrected chi connectivity index (χ0v) is 12.9. The van der Waals surface area contributed by atoms with Crippen molar-refractivity contribution < 1.29 is 19.1 Å². The number of nitrogens with zero attached hydrogens (tertiary/aromatic N) is 2. The summed E-state index contributed by atoms with van der Waals surface area (Å²) < 4.78 is 21.3. The van der Waals surface area contributed by atoms with Gasteiger partial charge in [-0.3, -0.25) is 0 Å². The predicted molar refractivity (Wildman–Crippen MR) is 78.0 cm³/mol. The molecule has 1 aromatic carbocycles. The minimum Gasteiger partial charge on any atom is -0.593 e. The van der Waals surface area contributed by atoms with Crippen LogP contribution < -0.4 is 14.6 Å². The Kier molecular flexibility index (Phi) is 5.12. The van der Waals surface area contributed by atoms with E-state index < -0.39 is 11.4 Å². The Morgan fingerprint density at radius 1 is 1.24 bits per heavy atom.